The van der Waals surface area contributed by atoms with Gasteiger partial charge in [0.15, 0.2) is 9.84 Å². The van der Waals surface area contributed by atoms with Crippen LogP contribution >= 0.6 is 11.6 Å². The summed E-state index contributed by atoms with van der Waals surface area (Å²) in [6.45, 7) is 2.01. The van der Waals surface area contributed by atoms with E-state index in [1.807, 2.05) is 6.07 Å². The van der Waals surface area contributed by atoms with Crippen molar-refractivity contribution < 1.29 is 17.9 Å². The summed E-state index contributed by atoms with van der Waals surface area (Å²) in [4.78, 5) is 12.7. The van der Waals surface area contributed by atoms with Crippen molar-refractivity contribution in [3.05, 3.63) is 53.2 Å². The number of hydrogen-bond acceptors (Lipinski definition) is 5. The van der Waals surface area contributed by atoms with Crippen LogP contribution in [0.2, 0.25) is 5.02 Å². The summed E-state index contributed by atoms with van der Waals surface area (Å²) >= 11 is 6.14. The molecule has 7 nitrogen and oxygen atoms in total. The average molecular weight is 448 g/mol. The van der Waals surface area contributed by atoms with Crippen LogP contribution in [0, 0.1) is 5.92 Å². The Kier molecular flexibility index (Phi) is 5.81. The van der Waals surface area contributed by atoms with E-state index in [0.717, 1.165) is 19.3 Å². The zero-order chi connectivity index (χ0) is 21.3. The fourth-order valence-corrected chi connectivity index (χ4v) is 4.76. The van der Waals surface area contributed by atoms with Gasteiger partial charge in [0.05, 0.1) is 29.6 Å². The van der Waals surface area contributed by atoms with Gasteiger partial charge in [-0.3, -0.25) is 9.48 Å². The van der Waals surface area contributed by atoms with Gasteiger partial charge in [-0.05, 0) is 30.2 Å². The maximum absolute atomic E-state index is 12.6. The van der Waals surface area contributed by atoms with Crippen LogP contribution in [-0.4, -0.2) is 43.6 Å². The molecule has 1 N–H and O–H groups in total. The van der Waals surface area contributed by atoms with E-state index in [1.165, 1.54) is 6.07 Å². The van der Waals surface area contributed by atoms with Crippen LogP contribution in [0.1, 0.15) is 12.0 Å². The summed E-state index contributed by atoms with van der Waals surface area (Å²) in [6, 6.07) is 10.4. The molecule has 1 aliphatic heterocycles. The fourth-order valence-electron chi connectivity index (χ4n) is 3.66. The van der Waals surface area contributed by atoms with E-state index >= 15 is 0 Å². The molecule has 0 bridgehead atoms. The van der Waals surface area contributed by atoms with E-state index in [-0.39, 0.29) is 17.2 Å². The van der Waals surface area contributed by atoms with Crippen LogP contribution in [0.15, 0.2) is 47.5 Å². The molecule has 0 radical (unpaired) electrons. The molecule has 1 aliphatic rings. The van der Waals surface area contributed by atoms with Gasteiger partial charge in [-0.15, -0.1) is 0 Å². The number of carbonyl (C=O) groups excluding carboxylic acids is 1. The molecule has 1 unspecified atom stereocenters. The molecule has 0 saturated carbocycles. The molecule has 2 aromatic carbocycles. The number of ether oxygens (including phenoxy) is 1. The minimum absolute atomic E-state index is 0.0879. The quantitative estimate of drug-likeness (QED) is 0.626. The van der Waals surface area contributed by atoms with Crippen molar-refractivity contribution in [1.82, 2.24) is 9.78 Å². The molecular weight excluding hydrogens is 426 g/mol. The Labute approximate surface area is 179 Å². The summed E-state index contributed by atoms with van der Waals surface area (Å²) < 4.78 is 32.0. The van der Waals surface area contributed by atoms with Crippen LogP contribution < -0.4 is 5.32 Å². The standard InChI is InChI=1S/C21H22ClN3O4S/c1-30(27,28)20-10-16(24-21(26)8-15-4-2-3-5-18(15)22)9-19-17(20)11-23-25(19)12-14-6-7-29-13-14/h2-5,9-11,14H,6-8,12-13H2,1H3,(H,24,26). The Hall–Kier alpha value is -2.42. The van der Waals surface area contributed by atoms with Crippen LogP contribution in [0.4, 0.5) is 5.69 Å². The monoisotopic (exact) mass is 447 g/mol. The maximum atomic E-state index is 12.6. The molecule has 1 atom stereocenters. The first-order chi connectivity index (χ1) is 14.3. The molecule has 1 amide bonds. The highest BCUT2D eigenvalue weighted by atomic mass is 35.5. The second-order valence-electron chi connectivity index (χ2n) is 7.55. The molecule has 9 heteroatoms. The third-order valence-corrected chi connectivity index (χ3v) is 6.68. The van der Waals surface area contributed by atoms with Gasteiger partial charge in [0, 0.05) is 41.4 Å². The van der Waals surface area contributed by atoms with Gasteiger partial charge >= 0.3 is 0 Å². The van der Waals surface area contributed by atoms with Gasteiger partial charge in [-0.2, -0.15) is 5.10 Å². The van der Waals surface area contributed by atoms with E-state index in [9.17, 15) is 13.2 Å². The Bertz CT molecular complexity index is 1200. The topological polar surface area (TPSA) is 90.3 Å². The minimum Gasteiger partial charge on any atom is -0.381 e. The zero-order valence-corrected chi connectivity index (χ0v) is 18.0. The Balaban J connectivity index is 1.66. The minimum atomic E-state index is -3.52. The molecule has 3 aromatic rings. The zero-order valence-electron chi connectivity index (χ0n) is 16.5. The Morgan fingerprint density at radius 2 is 2.13 bits per heavy atom. The van der Waals surface area contributed by atoms with Crippen molar-refractivity contribution in [3.8, 4) is 0 Å². The molecule has 0 spiro atoms. The number of amides is 1. The largest absolute Gasteiger partial charge is 0.381 e. The number of hydrogen-bond donors (Lipinski definition) is 1. The van der Waals surface area contributed by atoms with Gasteiger partial charge in [0.2, 0.25) is 5.91 Å². The number of nitrogens with one attached hydrogen (secondary N) is 1. The normalized spacial score (nSPS) is 16.8. The number of halogens is 1. The molecule has 1 saturated heterocycles. The van der Waals surface area contributed by atoms with Crippen molar-refractivity contribution in [2.75, 3.05) is 24.8 Å². The number of rotatable bonds is 6. The van der Waals surface area contributed by atoms with E-state index in [2.05, 4.69) is 10.4 Å². The lowest BCUT2D eigenvalue weighted by atomic mass is 10.1. The van der Waals surface area contributed by atoms with Crippen LogP contribution in [0.25, 0.3) is 10.9 Å². The molecular formula is C21H22ClN3O4S. The number of anilines is 1. The molecule has 30 heavy (non-hydrogen) atoms. The second-order valence-corrected chi connectivity index (χ2v) is 9.94. The van der Waals surface area contributed by atoms with Gasteiger partial charge < -0.3 is 10.1 Å². The summed E-state index contributed by atoms with van der Waals surface area (Å²) in [5.74, 6) is 0.0467. The van der Waals surface area contributed by atoms with E-state index in [1.54, 1.807) is 35.1 Å². The number of aromatic nitrogens is 2. The van der Waals surface area contributed by atoms with Crippen molar-refractivity contribution >= 4 is 43.9 Å². The van der Waals surface area contributed by atoms with E-state index in [4.69, 9.17) is 16.3 Å². The molecule has 1 aromatic heterocycles. The number of nitrogens with zero attached hydrogens (tertiary/aromatic N) is 2. The maximum Gasteiger partial charge on any atom is 0.228 e. The Morgan fingerprint density at radius 1 is 1.33 bits per heavy atom. The highest BCUT2D eigenvalue weighted by Gasteiger charge is 2.21. The third kappa shape index (κ3) is 4.50. The highest BCUT2D eigenvalue weighted by molar-refractivity contribution is 7.91. The smallest absolute Gasteiger partial charge is 0.228 e. The molecule has 0 aliphatic carbocycles. The first-order valence-electron chi connectivity index (χ1n) is 9.62. The predicted octanol–water partition coefficient (Wildman–Crippen LogP) is 3.31. The van der Waals surface area contributed by atoms with E-state index in [0.29, 0.717) is 46.2 Å². The van der Waals surface area contributed by atoms with Crippen LogP contribution in [-0.2, 0) is 32.3 Å². The lowest BCUT2D eigenvalue weighted by molar-refractivity contribution is -0.115. The summed E-state index contributed by atoms with van der Waals surface area (Å²) in [5, 5.41) is 8.26. The van der Waals surface area contributed by atoms with Crippen molar-refractivity contribution in [1.29, 1.82) is 0 Å². The predicted molar refractivity (Wildman–Crippen MR) is 116 cm³/mol. The number of fused-ring (bicyclic) bond motifs is 1. The average Bonchev–Trinajstić information content (AvgIpc) is 3.33. The summed E-state index contributed by atoms with van der Waals surface area (Å²) in [6.07, 6.45) is 3.75. The molecule has 4 rings (SSSR count). The molecule has 1 fully saturated rings. The van der Waals surface area contributed by atoms with Crippen LogP contribution in [0.3, 0.4) is 0 Å². The van der Waals surface area contributed by atoms with Crippen molar-refractivity contribution in [3.63, 3.8) is 0 Å². The van der Waals surface area contributed by atoms with Gasteiger partial charge in [-0.1, -0.05) is 29.8 Å². The van der Waals surface area contributed by atoms with Gasteiger partial charge in [-0.25, -0.2) is 8.42 Å². The van der Waals surface area contributed by atoms with Crippen molar-refractivity contribution in [2.24, 2.45) is 5.92 Å². The van der Waals surface area contributed by atoms with Gasteiger partial charge in [0.1, 0.15) is 0 Å². The fraction of sp³-hybridized carbons (Fsp3) is 0.333. The SMILES string of the molecule is CS(=O)(=O)c1cc(NC(=O)Cc2ccccc2Cl)cc2c1cnn2CC1CCOC1. The van der Waals surface area contributed by atoms with Crippen LogP contribution in [0.5, 0.6) is 0 Å². The highest BCUT2D eigenvalue weighted by Crippen LogP contribution is 2.29. The third-order valence-electron chi connectivity index (χ3n) is 5.17. The molecule has 2 heterocycles. The number of sulfone groups is 1. The lowest BCUT2D eigenvalue weighted by Gasteiger charge is -2.12. The molecule has 158 valence electrons. The number of benzene rings is 2. The first-order valence-corrected chi connectivity index (χ1v) is 11.9. The second kappa shape index (κ2) is 8.37. The summed E-state index contributed by atoms with van der Waals surface area (Å²) in [5.41, 5.74) is 1.77. The first kappa shape index (κ1) is 20.8. The number of carbonyl (C=O) groups is 1. The Morgan fingerprint density at radius 3 is 2.83 bits per heavy atom. The summed E-state index contributed by atoms with van der Waals surface area (Å²) in [7, 11) is -3.52. The van der Waals surface area contributed by atoms with Gasteiger partial charge in [0.25, 0.3) is 0 Å². The van der Waals surface area contributed by atoms with Crippen molar-refractivity contribution in [2.45, 2.75) is 24.3 Å². The van der Waals surface area contributed by atoms with E-state index < -0.39 is 9.84 Å². The lowest BCUT2D eigenvalue weighted by Crippen LogP contribution is -2.16.